The van der Waals surface area contributed by atoms with Crippen molar-refractivity contribution in [2.24, 2.45) is 0 Å². The summed E-state index contributed by atoms with van der Waals surface area (Å²) in [6.45, 7) is 7.77. The third-order valence-electron chi connectivity index (χ3n) is 9.65. The van der Waals surface area contributed by atoms with Crippen LogP contribution >= 0.6 is 0 Å². The molecule has 54 heavy (non-hydrogen) atoms. The number of nitrogens with zero attached hydrogens (tertiary/aromatic N) is 2. The van der Waals surface area contributed by atoms with Gasteiger partial charge in [0.2, 0.25) is 0 Å². The number of carbonyl (C=O) groups excluding carboxylic acids is 4. The van der Waals surface area contributed by atoms with Gasteiger partial charge in [0.05, 0.1) is 28.4 Å². The second kappa shape index (κ2) is 16.2. The van der Waals surface area contributed by atoms with Gasteiger partial charge in [-0.05, 0) is 59.7 Å². The Balaban J connectivity index is 0.000000208. The van der Waals surface area contributed by atoms with Crippen molar-refractivity contribution in [3.05, 3.63) is 155 Å². The van der Waals surface area contributed by atoms with Gasteiger partial charge in [0, 0.05) is 48.2 Å². The topological polar surface area (TPSA) is 112 Å². The van der Waals surface area contributed by atoms with E-state index in [2.05, 4.69) is 13.2 Å². The zero-order valence-electron chi connectivity index (χ0n) is 30.4. The quantitative estimate of drug-likeness (QED) is 0.114. The molecule has 280 valence electrons. The molecular formula is C42H40F2N2O8. The molecule has 2 aliphatic rings. The van der Waals surface area contributed by atoms with E-state index in [9.17, 15) is 28.0 Å². The molecule has 0 N–H and O–H groups in total. The predicted octanol–water partition coefficient (Wildman–Crippen LogP) is 6.87. The molecule has 2 amide bonds. The van der Waals surface area contributed by atoms with Crippen LogP contribution < -0.4 is 9.47 Å². The van der Waals surface area contributed by atoms with Crippen LogP contribution in [-0.4, -0.2) is 62.0 Å². The summed E-state index contributed by atoms with van der Waals surface area (Å²) in [5.74, 6) is -1.73. The summed E-state index contributed by atoms with van der Waals surface area (Å²) in [6, 6.07) is 22.1. The van der Waals surface area contributed by atoms with Crippen LogP contribution in [0.25, 0.3) is 0 Å². The highest BCUT2D eigenvalue weighted by Gasteiger charge is 2.56. The van der Waals surface area contributed by atoms with Gasteiger partial charge in [0.15, 0.2) is 11.1 Å². The van der Waals surface area contributed by atoms with Crippen molar-refractivity contribution in [3.63, 3.8) is 0 Å². The van der Waals surface area contributed by atoms with Crippen LogP contribution in [0.15, 0.2) is 110 Å². The van der Waals surface area contributed by atoms with Crippen molar-refractivity contribution in [3.8, 4) is 11.5 Å². The third-order valence-corrected chi connectivity index (χ3v) is 9.65. The minimum atomic E-state index is -1.38. The molecule has 6 rings (SSSR count). The summed E-state index contributed by atoms with van der Waals surface area (Å²) in [5.41, 5.74) is 0.0204. The predicted molar refractivity (Wildman–Crippen MR) is 196 cm³/mol. The maximum absolute atomic E-state index is 13.8. The highest BCUT2D eigenvalue weighted by molar-refractivity contribution is 6.07. The molecule has 4 aromatic rings. The van der Waals surface area contributed by atoms with Gasteiger partial charge in [0.1, 0.15) is 23.1 Å². The number of carbonyl (C=O) groups is 4. The summed E-state index contributed by atoms with van der Waals surface area (Å²) in [7, 11) is 5.67. The number of hydrogen-bond donors (Lipinski definition) is 0. The number of methoxy groups -OCH3 is 4. The van der Waals surface area contributed by atoms with E-state index in [0.29, 0.717) is 22.6 Å². The smallest absolute Gasteiger partial charge is 0.336 e. The van der Waals surface area contributed by atoms with Crippen molar-refractivity contribution in [2.45, 2.75) is 37.0 Å². The molecule has 12 heteroatoms. The summed E-state index contributed by atoms with van der Waals surface area (Å²) >= 11 is 0. The van der Waals surface area contributed by atoms with Gasteiger partial charge in [-0.25, -0.2) is 18.4 Å². The lowest BCUT2D eigenvalue weighted by atomic mass is 9.86. The Morgan fingerprint density at radius 1 is 0.611 bits per heavy atom. The summed E-state index contributed by atoms with van der Waals surface area (Å²) in [5, 5.41) is 0. The Kier molecular flexibility index (Phi) is 11.6. The van der Waals surface area contributed by atoms with Crippen LogP contribution in [0.2, 0.25) is 0 Å². The molecule has 2 heterocycles. The molecule has 0 spiro atoms. The van der Waals surface area contributed by atoms with Crippen molar-refractivity contribution in [1.29, 1.82) is 0 Å². The summed E-state index contributed by atoms with van der Waals surface area (Å²) in [4.78, 5) is 54.7. The zero-order chi connectivity index (χ0) is 39.2. The summed E-state index contributed by atoms with van der Waals surface area (Å²) < 4.78 is 47.9. The van der Waals surface area contributed by atoms with Crippen molar-refractivity contribution in [2.75, 3.05) is 28.4 Å². The van der Waals surface area contributed by atoms with Gasteiger partial charge in [-0.15, -0.1) is 13.2 Å². The van der Waals surface area contributed by atoms with E-state index in [4.69, 9.17) is 18.9 Å². The maximum Gasteiger partial charge on any atom is 0.336 e. The molecule has 2 aliphatic heterocycles. The fourth-order valence-electron chi connectivity index (χ4n) is 7.08. The largest absolute Gasteiger partial charge is 0.497 e. The second-order valence-corrected chi connectivity index (χ2v) is 12.5. The fraction of sp³-hybridized carbons (Fsp3) is 0.238. The highest BCUT2D eigenvalue weighted by Crippen LogP contribution is 2.46. The van der Waals surface area contributed by atoms with Crippen LogP contribution in [-0.2, 0) is 43.2 Å². The first-order valence-electron chi connectivity index (χ1n) is 16.8. The Bertz CT molecular complexity index is 1940. The number of benzene rings is 4. The Morgan fingerprint density at radius 2 is 0.963 bits per heavy atom. The molecule has 10 nitrogen and oxygen atoms in total. The van der Waals surface area contributed by atoms with E-state index >= 15 is 0 Å². The molecule has 0 saturated heterocycles. The van der Waals surface area contributed by atoms with E-state index in [1.54, 1.807) is 50.6 Å². The van der Waals surface area contributed by atoms with Crippen molar-refractivity contribution in [1.82, 2.24) is 9.80 Å². The molecule has 0 fully saturated rings. The number of rotatable bonds is 12. The fourth-order valence-corrected chi connectivity index (χ4v) is 7.08. The zero-order valence-corrected chi connectivity index (χ0v) is 30.4. The molecule has 0 saturated carbocycles. The molecule has 0 aromatic heterocycles. The molecular weight excluding hydrogens is 698 g/mol. The third kappa shape index (κ3) is 6.82. The van der Waals surface area contributed by atoms with E-state index < -0.39 is 46.5 Å². The number of fused-ring (bicyclic) bond motifs is 2. The summed E-state index contributed by atoms with van der Waals surface area (Å²) in [6.07, 6.45) is 3.42. The average Bonchev–Trinajstić information content (AvgIpc) is 3.55. The van der Waals surface area contributed by atoms with Gasteiger partial charge in [-0.3, -0.25) is 9.59 Å². The Hall–Kier alpha value is -6.30. The second-order valence-electron chi connectivity index (χ2n) is 12.5. The number of hydrogen-bond acceptors (Lipinski definition) is 8. The van der Waals surface area contributed by atoms with Gasteiger partial charge >= 0.3 is 11.9 Å². The molecule has 0 unspecified atom stereocenters. The monoisotopic (exact) mass is 738 g/mol. The minimum absolute atomic E-state index is 0.153. The van der Waals surface area contributed by atoms with Crippen molar-refractivity contribution < 1.29 is 46.9 Å². The number of ether oxygens (including phenoxy) is 4. The lowest BCUT2D eigenvalue weighted by Crippen LogP contribution is -2.49. The van der Waals surface area contributed by atoms with Crippen LogP contribution in [0.5, 0.6) is 11.5 Å². The Morgan fingerprint density at radius 3 is 1.26 bits per heavy atom. The van der Waals surface area contributed by atoms with Gasteiger partial charge in [-0.2, -0.15) is 0 Å². The standard InChI is InChI=1S/2C21H20FNO4/c2*1-4-11-21(20(25)27-3)18-10-7-15(22)12-17(18)19(24)23(21)13-14-5-8-16(26-2)9-6-14/h2*4-10,12H,1,11,13H2,2-3H3/t2*21-/m10/s1. The van der Waals surface area contributed by atoms with Gasteiger partial charge in [-0.1, -0.05) is 48.6 Å². The lowest BCUT2D eigenvalue weighted by molar-refractivity contribution is -0.154. The van der Waals surface area contributed by atoms with Crippen LogP contribution in [0.3, 0.4) is 0 Å². The SMILES string of the molecule is C=CC[C@@]1(C(=O)OC)c2ccc(F)cc2C(=O)N1Cc1ccc(OC)cc1.C=CC[C@]1(C(=O)OC)c2ccc(F)cc2C(=O)N1Cc1ccc(OC)cc1. The van der Waals surface area contributed by atoms with Crippen LogP contribution in [0.1, 0.15) is 55.8 Å². The van der Waals surface area contributed by atoms with Crippen molar-refractivity contribution >= 4 is 23.8 Å². The Labute approximate surface area is 312 Å². The van der Waals surface area contributed by atoms with Gasteiger partial charge < -0.3 is 28.7 Å². The minimum Gasteiger partial charge on any atom is -0.497 e. The van der Waals surface area contributed by atoms with Gasteiger partial charge in [0.25, 0.3) is 11.8 Å². The maximum atomic E-state index is 13.8. The lowest BCUT2D eigenvalue weighted by Gasteiger charge is -2.36. The van der Waals surface area contributed by atoms with Crippen LogP contribution in [0.4, 0.5) is 8.78 Å². The molecule has 4 aromatic carbocycles. The molecule has 0 bridgehead atoms. The average molecular weight is 739 g/mol. The van der Waals surface area contributed by atoms with E-state index in [1.807, 2.05) is 24.3 Å². The number of amides is 2. The first-order chi connectivity index (χ1) is 25.9. The molecule has 2 atom stereocenters. The number of halogens is 2. The van der Waals surface area contributed by atoms with E-state index in [1.165, 1.54) is 48.3 Å². The highest BCUT2D eigenvalue weighted by atomic mass is 19.1. The normalized spacial score (nSPS) is 18.2. The van der Waals surface area contributed by atoms with E-state index in [0.717, 1.165) is 23.3 Å². The van der Waals surface area contributed by atoms with Crippen LogP contribution in [0, 0.1) is 11.6 Å². The van der Waals surface area contributed by atoms with E-state index in [-0.39, 0.29) is 37.1 Å². The molecule has 0 aliphatic carbocycles. The first kappa shape index (κ1) is 38.9. The molecule has 0 radical (unpaired) electrons. The first-order valence-corrected chi connectivity index (χ1v) is 16.8. The number of esters is 2.